The van der Waals surface area contributed by atoms with Crippen LogP contribution in [0.25, 0.3) is 0 Å². The second-order valence-corrected chi connectivity index (χ2v) is 3.26. The molecule has 70 valence electrons. The van der Waals surface area contributed by atoms with Crippen molar-refractivity contribution >= 4 is 5.97 Å². The summed E-state index contributed by atoms with van der Waals surface area (Å²) in [5.41, 5.74) is 5.42. The fourth-order valence-corrected chi connectivity index (χ4v) is 1.40. The molecule has 0 spiro atoms. The van der Waals surface area contributed by atoms with E-state index < -0.39 is 0 Å². The highest BCUT2D eigenvalue weighted by atomic mass is 16.5. The molecule has 1 saturated heterocycles. The number of methoxy groups -OCH3 is 1. The number of rotatable bonds is 3. The van der Waals surface area contributed by atoms with Gasteiger partial charge in [0.25, 0.3) is 0 Å². The van der Waals surface area contributed by atoms with Gasteiger partial charge in [0, 0.05) is 18.6 Å². The fraction of sp³-hybridized carbons (Fsp3) is 0.875. The first-order valence-corrected chi connectivity index (χ1v) is 4.07. The van der Waals surface area contributed by atoms with Crippen LogP contribution in [0.1, 0.15) is 12.8 Å². The Morgan fingerprint density at radius 3 is 2.92 bits per heavy atom. The molecule has 1 aliphatic heterocycles. The Morgan fingerprint density at radius 1 is 1.75 bits per heavy atom. The van der Waals surface area contributed by atoms with Crippen molar-refractivity contribution in [1.82, 2.24) is 0 Å². The molecule has 0 radical (unpaired) electrons. The Hall–Kier alpha value is -0.610. The second-order valence-electron chi connectivity index (χ2n) is 3.26. The molecule has 12 heavy (non-hydrogen) atoms. The van der Waals surface area contributed by atoms with Crippen molar-refractivity contribution in [3.8, 4) is 0 Å². The maximum Gasteiger partial charge on any atom is 0.306 e. The van der Waals surface area contributed by atoms with Gasteiger partial charge in [0.15, 0.2) is 0 Å². The summed E-state index contributed by atoms with van der Waals surface area (Å²) in [7, 11) is 1.39. The third kappa shape index (κ3) is 1.95. The highest BCUT2D eigenvalue weighted by molar-refractivity contribution is 5.70. The standard InChI is InChI=1S/C8H15NO3/c1-11-7(10)4-8(5-9)2-3-12-6-8/h2-6,9H2,1H3. The van der Waals surface area contributed by atoms with Crippen molar-refractivity contribution in [2.24, 2.45) is 11.1 Å². The Labute approximate surface area is 72.0 Å². The zero-order chi connectivity index (χ0) is 9.03. The summed E-state index contributed by atoms with van der Waals surface area (Å²) in [6.07, 6.45) is 1.23. The first-order chi connectivity index (χ1) is 5.72. The largest absolute Gasteiger partial charge is 0.469 e. The molecule has 0 aliphatic carbocycles. The molecule has 0 aromatic heterocycles. The van der Waals surface area contributed by atoms with Gasteiger partial charge in [0.1, 0.15) is 0 Å². The van der Waals surface area contributed by atoms with Gasteiger partial charge < -0.3 is 15.2 Å². The van der Waals surface area contributed by atoms with Crippen LogP contribution in [0.2, 0.25) is 0 Å². The summed E-state index contributed by atoms with van der Waals surface area (Å²) in [6, 6.07) is 0. The molecular formula is C8H15NO3. The zero-order valence-electron chi connectivity index (χ0n) is 7.34. The van der Waals surface area contributed by atoms with Crippen molar-refractivity contribution in [2.75, 3.05) is 26.9 Å². The van der Waals surface area contributed by atoms with Crippen molar-refractivity contribution in [3.63, 3.8) is 0 Å². The van der Waals surface area contributed by atoms with Gasteiger partial charge in [-0.3, -0.25) is 4.79 Å². The molecule has 0 amide bonds. The number of carbonyl (C=O) groups excluding carboxylic acids is 1. The Morgan fingerprint density at radius 2 is 2.50 bits per heavy atom. The lowest BCUT2D eigenvalue weighted by atomic mass is 9.84. The Balaban J connectivity index is 2.49. The number of nitrogens with two attached hydrogens (primary N) is 1. The second kappa shape index (κ2) is 3.87. The Kier molecular flexibility index (Phi) is 3.05. The van der Waals surface area contributed by atoms with Crippen molar-refractivity contribution in [3.05, 3.63) is 0 Å². The molecule has 1 aliphatic rings. The third-order valence-electron chi connectivity index (χ3n) is 2.36. The van der Waals surface area contributed by atoms with E-state index in [1.807, 2.05) is 0 Å². The average molecular weight is 173 g/mol. The van der Waals surface area contributed by atoms with E-state index in [1.54, 1.807) is 0 Å². The number of hydrogen-bond donors (Lipinski definition) is 1. The minimum atomic E-state index is -0.203. The van der Waals surface area contributed by atoms with E-state index in [0.717, 1.165) is 6.42 Å². The van der Waals surface area contributed by atoms with Gasteiger partial charge in [-0.05, 0) is 6.42 Å². The highest BCUT2D eigenvalue weighted by Crippen LogP contribution is 2.31. The summed E-state index contributed by atoms with van der Waals surface area (Å²) in [4.78, 5) is 11.0. The van der Waals surface area contributed by atoms with Crippen LogP contribution in [0.5, 0.6) is 0 Å². The van der Waals surface area contributed by atoms with Crippen molar-refractivity contribution in [2.45, 2.75) is 12.8 Å². The monoisotopic (exact) mass is 173 g/mol. The SMILES string of the molecule is COC(=O)CC1(CN)CCOC1. The molecule has 0 saturated carbocycles. The molecule has 0 bridgehead atoms. The quantitative estimate of drug-likeness (QED) is 0.606. The molecular weight excluding hydrogens is 158 g/mol. The van der Waals surface area contributed by atoms with E-state index in [1.165, 1.54) is 7.11 Å². The van der Waals surface area contributed by atoms with Crippen LogP contribution in [0.3, 0.4) is 0 Å². The van der Waals surface area contributed by atoms with Crippen LogP contribution < -0.4 is 5.73 Å². The third-order valence-corrected chi connectivity index (χ3v) is 2.36. The number of carbonyl (C=O) groups is 1. The Bertz CT molecular complexity index is 164. The first kappa shape index (κ1) is 9.48. The molecule has 4 heteroatoms. The van der Waals surface area contributed by atoms with Gasteiger partial charge in [-0.1, -0.05) is 0 Å². The molecule has 1 unspecified atom stereocenters. The molecule has 1 fully saturated rings. The van der Waals surface area contributed by atoms with Crippen LogP contribution >= 0.6 is 0 Å². The van der Waals surface area contributed by atoms with E-state index in [9.17, 15) is 4.79 Å². The van der Waals surface area contributed by atoms with Crippen LogP contribution in [0, 0.1) is 5.41 Å². The van der Waals surface area contributed by atoms with Crippen LogP contribution in [-0.4, -0.2) is 32.8 Å². The predicted molar refractivity (Wildman–Crippen MR) is 43.6 cm³/mol. The van der Waals surface area contributed by atoms with Gasteiger partial charge in [-0.25, -0.2) is 0 Å². The van der Waals surface area contributed by atoms with Gasteiger partial charge in [-0.2, -0.15) is 0 Å². The van der Waals surface area contributed by atoms with Crippen molar-refractivity contribution < 1.29 is 14.3 Å². The molecule has 1 heterocycles. The number of hydrogen-bond acceptors (Lipinski definition) is 4. The summed E-state index contributed by atoms with van der Waals surface area (Å²) in [5, 5.41) is 0. The topological polar surface area (TPSA) is 61.5 Å². The smallest absolute Gasteiger partial charge is 0.306 e. The first-order valence-electron chi connectivity index (χ1n) is 4.07. The molecule has 1 rings (SSSR count). The normalized spacial score (nSPS) is 28.8. The van der Waals surface area contributed by atoms with E-state index in [0.29, 0.717) is 26.2 Å². The van der Waals surface area contributed by atoms with Gasteiger partial charge in [-0.15, -0.1) is 0 Å². The predicted octanol–water partition coefficient (Wildman–Crippen LogP) is -0.0851. The maximum atomic E-state index is 11.0. The maximum absolute atomic E-state index is 11.0. The lowest BCUT2D eigenvalue weighted by molar-refractivity contribution is -0.143. The van der Waals surface area contributed by atoms with Crippen LogP contribution in [-0.2, 0) is 14.3 Å². The summed E-state index contributed by atoms with van der Waals surface area (Å²) < 4.78 is 9.80. The summed E-state index contributed by atoms with van der Waals surface area (Å²) >= 11 is 0. The minimum Gasteiger partial charge on any atom is -0.469 e. The van der Waals surface area contributed by atoms with Gasteiger partial charge in [0.2, 0.25) is 0 Å². The van der Waals surface area contributed by atoms with Crippen LogP contribution in [0.4, 0.5) is 0 Å². The van der Waals surface area contributed by atoms with Gasteiger partial charge >= 0.3 is 5.97 Å². The number of esters is 1. The molecule has 4 nitrogen and oxygen atoms in total. The lowest BCUT2D eigenvalue weighted by Crippen LogP contribution is -2.33. The average Bonchev–Trinajstić information content (AvgIpc) is 2.54. The molecule has 1 atom stereocenters. The van der Waals surface area contributed by atoms with Gasteiger partial charge in [0.05, 0.1) is 20.1 Å². The molecule has 0 aromatic rings. The minimum absolute atomic E-state index is 0.160. The van der Waals surface area contributed by atoms with Crippen LogP contribution in [0.15, 0.2) is 0 Å². The van der Waals surface area contributed by atoms with E-state index in [-0.39, 0.29) is 11.4 Å². The summed E-state index contributed by atoms with van der Waals surface area (Å²) in [5.74, 6) is -0.203. The molecule has 0 aromatic carbocycles. The highest BCUT2D eigenvalue weighted by Gasteiger charge is 2.36. The number of ether oxygens (including phenoxy) is 2. The van der Waals surface area contributed by atoms with Crippen molar-refractivity contribution in [1.29, 1.82) is 0 Å². The van der Waals surface area contributed by atoms with E-state index >= 15 is 0 Å². The van der Waals surface area contributed by atoms with E-state index in [2.05, 4.69) is 4.74 Å². The summed E-state index contributed by atoms with van der Waals surface area (Å²) in [6.45, 7) is 1.77. The fourth-order valence-electron chi connectivity index (χ4n) is 1.40. The molecule has 2 N–H and O–H groups in total. The van der Waals surface area contributed by atoms with E-state index in [4.69, 9.17) is 10.5 Å². The lowest BCUT2D eigenvalue weighted by Gasteiger charge is -2.23. The zero-order valence-corrected chi connectivity index (χ0v) is 7.34.